The Hall–Kier alpha value is -1.75. The lowest BCUT2D eigenvalue weighted by Crippen LogP contribution is -2.51. The summed E-state index contributed by atoms with van der Waals surface area (Å²) in [6.45, 7) is 5.76. The van der Waals surface area contributed by atoms with E-state index in [1.54, 1.807) is 13.8 Å². The van der Waals surface area contributed by atoms with Crippen LogP contribution < -0.4 is 20.5 Å². The van der Waals surface area contributed by atoms with E-state index in [0.29, 0.717) is 0 Å². The van der Waals surface area contributed by atoms with Crippen molar-refractivity contribution < 1.29 is 14.3 Å². The fourth-order valence-electron chi connectivity index (χ4n) is 1.88. The van der Waals surface area contributed by atoms with Gasteiger partial charge in [0.15, 0.2) is 11.5 Å². The molecule has 1 aliphatic heterocycles. The van der Waals surface area contributed by atoms with Gasteiger partial charge in [0.2, 0.25) is 12.7 Å². The lowest BCUT2D eigenvalue weighted by molar-refractivity contribution is -0.123. The summed E-state index contributed by atoms with van der Waals surface area (Å²) in [5.41, 5.74) is 5.61. The van der Waals surface area contributed by atoms with Crippen molar-refractivity contribution in [3.8, 4) is 11.5 Å². The van der Waals surface area contributed by atoms with Crippen LogP contribution in [0.25, 0.3) is 0 Å². The van der Waals surface area contributed by atoms with Crippen molar-refractivity contribution in [3.63, 3.8) is 0 Å². The van der Waals surface area contributed by atoms with Crippen LogP contribution in [0, 0.1) is 0 Å². The standard InChI is InChI=1S/C13H18N2O3/c1-8(15-13(2,3)12(14)16)9-4-5-10-11(6-9)18-7-17-10/h4-6,8,15H,7H2,1-3H3,(H2,14,16). The van der Waals surface area contributed by atoms with Crippen LogP contribution >= 0.6 is 0 Å². The van der Waals surface area contributed by atoms with Crippen molar-refractivity contribution >= 4 is 5.91 Å². The predicted molar refractivity (Wildman–Crippen MR) is 67.4 cm³/mol. The van der Waals surface area contributed by atoms with Gasteiger partial charge in [-0.05, 0) is 38.5 Å². The molecule has 0 saturated heterocycles. The number of carbonyl (C=O) groups excluding carboxylic acids is 1. The van der Waals surface area contributed by atoms with Crippen molar-refractivity contribution in [1.82, 2.24) is 5.32 Å². The Labute approximate surface area is 106 Å². The third kappa shape index (κ3) is 2.41. The minimum atomic E-state index is -0.754. The summed E-state index contributed by atoms with van der Waals surface area (Å²) in [5, 5.41) is 3.19. The van der Waals surface area contributed by atoms with Gasteiger partial charge in [-0.15, -0.1) is 0 Å². The van der Waals surface area contributed by atoms with Gasteiger partial charge in [0.25, 0.3) is 0 Å². The number of nitrogens with one attached hydrogen (secondary N) is 1. The van der Waals surface area contributed by atoms with Gasteiger partial charge >= 0.3 is 0 Å². The Balaban J connectivity index is 2.14. The monoisotopic (exact) mass is 250 g/mol. The first-order chi connectivity index (χ1) is 8.40. The molecule has 0 bridgehead atoms. The van der Waals surface area contributed by atoms with Gasteiger partial charge in [-0.2, -0.15) is 0 Å². The minimum Gasteiger partial charge on any atom is -0.454 e. The lowest BCUT2D eigenvalue weighted by atomic mass is 10.00. The molecule has 5 nitrogen and oxygen atoms in total. The summed E-state index contributed by atoms with van der Waals surface area (Å²) in [5.74, 6) is 1.10. The second-order valence-electron chi connectivity index (χ2n) is 4.97. The van der Waals surface area contributed by atoms with E-state index in [2.05, 4.69) is 5.32 Å². The lowest BCUT2D eigenvalue weighted by Gasteiger charge is -2.27. The molecule has 0 aliphatic carbocycles. The molecule has 1 unspecified atom stereocenters. The third-order valence-electron chi connectivity index (χ3n) is 3.09. The van der Waals surface area contributed by atoms with E-state index in [4.69, 9.17) is 15.2 Å². The van der Waals surface area contributed by atoms with Crippen molar-refractivity contribution in [2.75, 3.05) is 6.79 Å². The molecule has 1 heterocycles. The van der Waals surface area contributed by atoms with E-state index in [1.165, 1.54) is 0 Å². The van der Waals surface area contributed by atoms with Crippen LogP contribution in [0.3, 0.4) is 0 Å². The zero-order valence-corrected chi connectivity index (χ0v) is 10.8. The van der Waals surface area contributed by atoms with E-state index in [1.807, 2.05) is 25.1 Å². The van der Waals surface area contributed by atoms with Gasteiger partial charge in [-0.3, -0.25) is 10.1 Å². The predicted octanol–water partition coefficient (Wildman–Crippen LogP) is 1.33. The molecule has 98 valence electrons. The van der Waals surface area contributed by atoms with Crippen molar-refractivity contribution in [2.45, 2.75) is 32.4 Å². The molecule has 1 aromatic carbocycles. The summed E-state index contributed by atoms with van der Waals surface area (Å²) >= 11 is 0. The molecule has 1 atom stereocenters. The van der Waals surface area contributed by atoms with Gasteiger partial charge < -0.3 is 15.2 Å². The van der Waals surface area contributed by atoms with Crippen molar-refractivity contribution in [2.24, 2.45) is 5.73 Å². The van der Waals surface area contributed by atoms with Gasteiger partial charge in [0.1, 0.15) is 0 Å². The molecule has 1 amide bonds. The molecule has 0 radical (unpaired) electrons. The van der Waals surface area contributed by atoms with Crippen LogP contribution in [0.1, 0.15) is 32.4 Å². The quantitative estimate of drug-likeness (QED) is 0.845. The Morgan fingerprint density at radius 1 is 1.39 bits per heavy atom. The number of benzene rings is 1. The molecule has 0 spiro atoms. The highest BCUT2D eigenvalue weighted by Crippen LogP contribution is 2.34. The maximum absolute atomic E-state index is 11.3. The van der Waals surface area contributed by atoms with Crippen LogP contribution in [-0.4, -0.2) is 18.2 Å². The van der Waals surface area contributed by atoms with Gasteiger partial charge in [-0.1, -0.05) is 6.07 Å². The van der Waals surface area contributed by atoms with E-state index in [0.717, 1.165) is 17.1 Å². The number of hydrogen-bond acceptors (Lipinski definition) is 4. The van der Waals surface area contributed by atoms with Crippen LogP contribution in [0.5, 0.6) is 11.5 Å². The van der Waals surface area contributed by atoms with Crippen LogP contribution in [0.4, 0.5) is 0 Å². The molecule has 0 saturated carbocycles. The number of fused-ring (bicyclic) bond motifs is 1. The first-order valence-corrected chi connectivity index (χ1v) is 5.87. The average molecular weight is 250 g/mol. The second kappa shape index (κ2) is 4.49. The fourth-order valence-corrected chi connectivity index (χ4v) is 1.88. The maximum atomic E-state index is 11.3. The fraction of sp³-hybridized carbons (Fsp3) is 0.462. The first kappa shape index (κ1) is 12.7. The van der Waals surface area contributed by atoms with Crippen molar-refractivity contribution in [3.05, 3.63) is 23.8 Å². The van der Waals surface area contributed by atoms with E-state index in [9.17, 15) is 4.79 Å². The number of carbonyl (C=O) groups is 1. The second-order valence-corrected chi connectivity index (χ2v) is 4.97. The Bertz CT molecular complexity index is 471. The molecule has 5 heteroatoms. The number of primary amides is 1. The normalized spacial score (nSPS) is 15.5. The number of hydrogen-bond donors (Lipinski definition) is 2. The Morgan fingerprint density at radius 3 is 2.72 bits per heavy atom. The summed E-state index contributed by atoms with van der Waals surface area (Å²) < 4.78 is 10.6. The SMILES string of the molecule is CC(NC(C)(C)C(N)=O)c1ccc2c(c1)OCO2. The number of amides is 1. The van der Waals surface area contributed by atoms with Gasteiger partial charge in [0, 0.05) is 6.04 Å². The largest absolute Gasteiger partial charge is 0.454 e. The number of rotatable bonds is 4. The van der Waals surface area contributed by atoms with Crippen molar-refractivity contribution in [1.29, 1.82) is 0 Å². The summed E-state index contributed by atoms with van der Waals surface area (Å²) in [4.78, 5) is 11.3. The summed E-state index contributed by atoms with van der Waals surface area (Å²) in [6.07, 6.45) is 0. The molecule has 1 aromatic rings. The molecule has 2 rings (SSSR count). The molecule has 3 N–H and O–H groups in total. The van der Waals surface area contributed by atoms with E-state index < -0.39 is 5.54 Å². The molecular weight excluding hydrogens is 232 g/mol. The smallest absolute Gasteiger partial charge is 0.237 e. The molecule has 0 fully saturated rings. The third-order valence-corrected chi connectivity index (χ3v) is 3.09. The van der Waals surface area contributed by atoms with Gasteiger partial charge in [0.05, 0.1) is 5.54 Å². The topological polar surface area (TPSA) is 73.6 Å². The average Bonchev–Trinajstić information content (AvgIpc) is 2.74. The number of nitrogens with two attached hydrogens (primary N) is 1. The molecule has 0 aromatic heterocycles. The minimum absolute atomic E-state index is 0.0120. The Kier molecular flexibility index (Phi) is 3.17. The number of ether oxygens (including phenoxy) is 2. The van der Waals surface area contributed by atoms with Gasteiger partial charge in [-0.25, -0.2) is 0 Å². The van der Waals surface area contributed by atoms with Crippen LogP contribution in [0.15, 0.2) is 18.2 Å². The summed E-state index contributed by atoms with van der Waals surface area (Å²) in [6, 6.07) is 5.72. The zero-order chi connectivity index (χ0) is 13.3. The zero-order valence-electron chi connectivity index (χ0n) is 10.8. The maximum Gasteiger partial charge on any atom is 0.237 e. The molecule has 18 heavy (non-hydrogen) atoms. The highest BCUT2D eigenvalue weighted by atomic mass is 16.7. The highest BCUT2D eigenvalue weighted by Gasteiger charge is 2.27. The highest BCUT2D eigenvalue weighted by molar-refractivity contribution is 5.83. The van der Waals surface area contributed by atoms with E-state index in [-0.39, 0.29) is 18.7 Å². The summed E-state index contributed by atoms with van der Waals surface area (Å²) in [7, 11) is 0. The first-order valence-electron chi connectivity index (χ1n) is 5.87. The molecular formula is C13H18N2O3. The van der Waals surface area contributed by atoms with Crippen LogP contribution in [-0.2, 0) is 4.79 Å². The van der Waals surface area contributed by atoms with Crippen LogP contribution in [0.2, 0.25) is 0 Å². The Morgan fingerprint density at radius 2 is 2.06 bits per heavy atom. The van der Waals surface area contributed by atoms with E-state index >= 15 is 0 Å². The molecule has 1 aliphatic rings.